The van der Waals surface area contributed by atoms with E-state index in [9.17, 15) is 4.39 Å². The third kappa shape index (κ3) is 2.67. The van der Waals surface area contributed by atoms with E-state index in [4.69, 9.17) is 10.2 Å². The number of halogens is 1. The molecule has 1 saturated heterocycles. The minimum atomic E-state index is -0.313. The summed E-state index contributed by atoms with van der Waals surface area (Å²) in [6.45, 7) is 3.34. The van der Waals surface area contributed by atoms with Crippen LogP contribution in [0, 0.1) is 0 Å². The number of rotatable bonds is 4. The van der Waals surface area contributed by atoms with E-state index in [0.717, 1.165) is 32.0 Å². The maximum absolute atomic E-state index is 12.4. The number of aromatic nitrogens is 4. The van der Waals surface area contributed by atoms with Crippen molar-refractivity contribution in [3.63, 3.8) is 0 Å². The predicted octanol–water partition coefficient (Wildman–Crippen LogP) is 1.06. The Labute approximate surface area is 137 Å². The first-order chi connectivity index (χ1) is 11.7. The van der Waals surface area contributed by atoms with Gasteiger partial charge in [0.05, 0.1) is 6.26 Å². The summed E-state index contributed by atoms with van der Waals surface area (Å²) >= 11 is 0. The number of piperazine rings is 1. The Hall–Kier alpha value is -2.68. The van der Waals surface area contributed by atoms with Crippen molar-refractivity contribution in [2.75, 3.05) is 50.0 Å². The van der Waals surface area contributed by atoms with Crippen LogP contribution in [0.15, 0.2) is 28.9 Å². The quantitative estimate of drug-likeness (QED) is 0.764. The lowest BCUT2D eigenvalue weighted by Gasteiger charge is -2.34. The number of nitrogens with zero attached hydrogens (tertiary/aromatic N) is 6. The van der Waals surface area contributed by atoms with E-state index in [1.165, 1.54) is 4.52 Å². The number of alkyl halides is 1. The molecule has 9 heteroatoms. The van der Waals surface area contributed by atoms with E-state index < -0.39 is 0 Å². The van der Waals surface area contributed by atoms with Gasteiger partial charge in [-0.1, -0.05) is 0 Å². The highest BCUT2D eigenvalue weighted by Crippen LogP contribution is 2.21. The number of fused-ring (bicyclic) bond motifs is 1. The maximum Gasteiger partial charge on any atom is 0.225 e. The van der Waals surface area contributed by atoms with Crippen LogP contribution >= 0.6 is 0 Å². The van der Waals surface area contributed by atoms with Gasteiger partial charge in [-0.3, -0.25) is 4.90 Å². The van der Waals surface area contributed by atoms with Gasteiger partial charge in [0.25, 0.3) is 0 Å². The summed E-state index contributed by atoms with van der Waals surface area (Å²) < 4.78 is 19.3. The second-order valence-corrected chi connectivity index (χ2v) is 5.67. The summed E-state index contributed by atoms with van der Waals surface area (Å²) in [6, 6.07) is 5.44. The highest BCUT2D eigenvalue weighted by Gasteiger charge is 2.20. The smallest absolute Gasteiger partial charge is 0.225 e. The first-order valence-electron chi connectivity index (χ1n) is 7.85. The van der Waals surface area contributed by atoms with Crippen molar-refractivity contribution < 1.29 is 8.81 Å². The predicted molar refractivity (Wildman–Crippen MR) is 87.5 cm³/mol. The van der Waals surface area contributed by atoms with Gasteiger partial charge in [0, 0.05) is 38.8 Å². The van der Waals surface area contributed by atoms with Gasteiger partial charge >= 0.3 is 0 Å². The molecule has 4 heterocycles. The van der Waals surface area contributed by atoms with Crippen molar-refractivity contribution in [2.24, 2.45) is 0 Å². The van der Waals surface area contributed by atoms with Crippen LogP contribution in [0.5, 0.6) is 0 Å². The van der Waals surface area contributed by atoms with Crippen LogP contribution in [0.25, 0.3) is 17.2 Å². The second-order valence-electron chi connectivity index (χ2n) is 5.67. The van der Waals surface area contributed by atoms with Gasteiger partial charge in [0.1, 0.15) is 12.5 Å². The molecular formula is C15H18FN7O. The lowest BCUT2D eigenvalue weighted by Crippen LogP contribution is -2.47. The summed E-state index contributed by atoms with van der Waals surface area (Å²) in [4.78, 5) is 13.1. The molecule has 1 aliphatic rings. The molecule has 0 saturated carbocycles. The number of anilines is 2. The molecular weight excluding hydrogens is 313 g/mol. The van der Waals surface area contributed by atoms with Crippen LogP contribution in [0.2, 0.25) is 0 Å². The monoisotopic (exact) mass is 331 g/mol. The number of nitrogens with two attached hydrogens (primary N) is 1. The van der Waals surface area contributed by atoms with E-state index in [1.807, 2.05) is 6.07 Å². The van der Waals surface area contributed by atoms with E-state index >= 15 is 0 Å². The minimum Gasteiger partial charge on any atom is -0.461 e. The van der Waals surface area contributed by atoms with Crippen LogP contribution in [0.4, 0.5) is 16.2 Å². The van der Waals surface area contributed by atoms with Crippen LogP contribution in [-0.2, 0) is 0 Å². The zero-order valence-electron chi connectivity index (χ0n) is 13.1. The molecule has 3 aromatic heterocycles. The fraction of sp³-hybridized carbons (Fsp3) is 0.400. The molecule has 0 aromatic carbocycles. The van der Waals surface area contributed by atoms with Gasteiger partial charge in [0.15, 0.2) is 11.4 Å². The average molecular weight is 331 g/mol. The summed E-state index contributed by atoms with van der Waals surface area (Å²) in [7, 11) is 0. The molecule has 0 bridgehead atoms. The molecule has 2 N–H and O–H groups in total. The Balaban J connectivity index is 1.61. The molecule has 24 heavy (non-hydrogen) atoms. The number of furan rings is 1. The summed E-state index contributed by atoms with van der Waals surface area (Å²) in [5.74, 6) is 2.09. The van der Waals surface area contributed by atoms with Crippen molar-refractivity contribution in [1.82, 2.24) is 24.5 Å². The molecule has 0 spiro atoms. The van der Waals surface area contributed by atoms with Gasteiger partial charge < -0.3 is 15.1 Å². The van der Waals surface area contributed by atoms with Gasteiger partial charge in [-0.15, -0.1) is 5.10 Å². The summed E-state index contributed by atoms with van der Waals surface area (Å²) in [5, 5.41) is 4.33. The van der Waals surface area contributed by atoms with Crippen LogP contribution in [-0.4, -0.2) is 63.9 Å². The number of hydrogen-bond acceptors (Lipinski definition) is 7. The Morgan fingerprint density at radius 1 is 1.21 bits per heavy atom. The second kappa shape index (κ2) is 6.08. The third-order valence-corrected chi connectivity index (χ3v) is 4.18. The highest BCUT2D eigenvalue weighted by molar-refractivity contribution is 5.59. The Morgan fingerprint density at radius 2 is 2.04 bits per heavy atom. The topological polar surface area (TPSA) is 88.7 Å². The van der Waals surface area contributed by atoms with Gasteiger partial charge in [0.2, 0.25) is 11.8 Å². The molecule has 0 atom stereocenters. The normalized spacial score (nSPS) is 16.1. The highest BCUT2D eigenvalue weighted by atomic mass is 19.1. The van der Waals surface area contributed by atoms with E-state index in [1.54, 1.807) is 18.4 Å². The average Bonchev–Trinajstić information content (AvgIpc) is 3.25. The van der Waals surface area contributed by atoms with E-state index in [-0.39, 0.29) is 12.6 Å². The minimum absolute atomic E-state index is 0.277. The van der Waals surface area contributed by atoms with Crippen LogP contribution in [0.3, 0.4) is 0 Å². The van der Waals surface area contributed by atoms with E-state index in [0.29, 0.717) is 23.8 Å². The largest absolute Gasteiger partial charge is 0.461 e. The number of nitrogen functional groups attached to an aromatic ring is 1. The molecule has 1 fully saturated rings. The van der Waals surface area contributed by atoms with Gasteiger partial charge in [-0.2, -0.15) is 9.50 Å². The van der Waals surface area contributed by atoms with Crippen molar-refractivity contribution in [3.8, 4) is 11.6 Å². The maximum atomic E-state index is 12.4. The molecule has 0 radical (unpaired) electrons. The van der Waals surface area contributed by atoms with Crippen LogP contribution < -0.4 is 10.6 Å². The lowest BCUT2D eigenvalue weighted by atomic mass is 10.3. The fourth-order valence-electron chi connectivity index (χ4n) is 2.89. The Bertz CT molecular complexity index is 824. The molecule has 8 nitrogen and oxygen atoms in total. The van der Waals surface area contributed by atoms with Crippen molar-refractivity contribution in [2.45, 2.75) is 0 Å². The summed E-state index contributed by atoms with van der Waals surface area (Å²) in [5.41, 5.74) is 6.66. The first-order valence-corrected chi connectivity index (χ1v) is 7.85. The van der Waals surface area contributed by atoms with Gasteiger partial charge in [-0.25, -0.2) is 9.37 Å². The van der Waals surface area contributed by atoms with Crippen molar-refractivity contribution >= 4 is 17.4 Å². The molecule has 4 rings (SSSR count). The zero-order valence-corrected chi connectivity index (χ0v) is 13.1. The van der Waals surface area contributed by atoms with Gasteiger partial charge in [-0.05, 0) is 12.1 Å². The lowest BCUT2D eigenvalue weighted by molar-refractivity contribution is 0.235. The standard InChI is InChI=1S/C15H18FN7O/c16-3-4-21-5-7-22(8-6-21)12-10-13-18-14(11-2-1-9-24-11)20-23(13)15(17)19-12/h1-2,9-10H,3-8H2,(H2,17,19). The molecule has 0 aliphatic carbocycles. The molecule has 0 amide bonds. The third-order valence-electron chi connectivity index (χ3n) is 4.18. The first kappa shape index (κ1) is 14.9. The number of hydrogen-bond donors (Lipinski definition) is 1. The Morgan fingerprint density at radius 3 is 2.75 bits per heavy atom. The SMILES string of the molecule is Nc1nc(N2CCN(CCF)CC2)cc2nc(-c3ccco3)nn12. The van der Waals surface area contributed by atoms with Crippen molar-refractivity contribution in [3.05, 3.63) is 24.5 Å². The fourth-order valence-corrected chi connectivity index (χ4v) is 2.89. The Kier molecular flexibility index (Phi) is 3.77. The van der Waals surface area contributed by atoms with Crippen LogP contribution in [0.1, 0.15) is 0 Å². The van der Waals surface area contributed by atoms with Crippen molar-refractivity contribution in [1.29, 1.82) is 0 Å². The summed E-state index contributed by atoms with van der Waals surface area (Å²) in [6.07, 6.45) is 1.57. The molecule has 3 aromatic rings. The van der Waals surface area contributed by atoms with E-state index in [2.05, 4.69) is 24.9 Å². The molecule has 126 valence electrons. The zero-order chi connectivity index (χ0) is 16.5. The molecule has 1 aliphatic heterocycles. The molecule has 0 unspecified atom stereocenters.